The Kier molecular flexibility index (Phi) is 6.62. The van der Waals surface area contributed by atoms with Gasteiger partial charge in [0.25, 0.3) is 5.91 Å². The van der Waals surface area contributed by atoms with Crippen LogP contribution >= 0.6 is 11.6 Å². The van der Waals surface area contributed by atoms with Crippen molar-refractivity contribution in [3.63, 3.8) is 0 Å². The van der Waals surface area contributed by atoms with Gasteiger partial charge < -0.3 is 9.32 Å². The van der Waals surface area contributed by atoms with Crippen molar-refractivity contribution < 1.29 is 14.0 Å². The van der Waals surface area contributed by atoms with Crippen LogP contribution in [0, 0.1) is 0 Å². The molecule has 0 unspecified atom stereocenters. The zero-order chi connectivity index (χ0) is 24.4. The number of hydrogen-bond donors (Lipinski definition) is 0. The summed E-state index contributed by atoms with van der Waals surface area (Å²) < 4.78 is 6.06. The monoisotopic (exact) mass is 492 g/mol. The average molecular weight is 493 g/mol. The first kappa shape index (κ1) is 23.6. The minimum Gasteiger partial charge on any atom is -0.460 e. The third kappa shape index (κ3) is 4.70. The number of aromatic nitrogens is 1. The lowest BCUT2D eigenvalue weighted by molar-refractivity contribution is -0.135. The molecule has 182 valence electrons. The lowest BCUT2D eigenvalue weighted by Crippen LogP contribution is -2.55. The van der Waals surface area contributed by atoms with E-state index in [9.17, 15) is 9.59 Å². The molecular weight excluding hydrogens is 464 g/mol. The van der Waals surface area contributed by atoms with E-state index in [1.54, 1.807) is 24.3 Å². The number of imide groups is 1. The molecule has 4 heterocycles. The maximum Gasteiger partial charge on any atom is 0.327 e. The molecule has 2 fully saturated rings. The van der Waals surface area contributed by atoms with Crippen molar-refractivity contribution in [2.24, 2.45) is 0 Å². The van der Waals surface area contributed by atoms with Gasteiger partial charge in [0.05, 0.1) is 6.54 Å². The Bertz CT molecular complexity index is 1200. The number of furan rings is 1. The van der Waals surface area contributed by atoms with Crippen molar-refractivity contribution in [3.8, 4) is 11.3 Å². The summed E-state index contributed by atoms with van der Waals surface area (Å²) in [6.45, 7) is 2.55. The number of halogens is 1. The third-order valence-electron chi connectivity index (χ3n) is 7.23. The molecule has 0 radical (unpaired) electrons. The van der Waals surface area contributed by atoms with Gasteiger partial charge in [0.15, 0.2) is 0 Å². The highest BCUT2D eigenvalue weighted by molar-refractivity contribution is 6.30. The number of nitrogens with zero attached hydrogens (tertiary/aromatic N) is 4. The SMILES string of the molecule is CN1C(=O)N(CCCc2ccncc2)C(=O)C12CCN(Cc1ccc(-c3cccc(Cl)c3)o1)CC2. The van der Waals surface area contributed by atoms with Crippen molar-refractivity contribution in [2.45, 2.75) is 37.8 Å². The number of benzene rings is 1. The van der Waals surface area contributed by atoms with Gasteiger partial charge in [-0.05, 0) is 67.6 Å². The second kappa shape index (κ2) is 9.84. The lowest BCUT2D eigenvalue weighted by Gasteiger charge is -2.40. The Morgan fingerprint density at radius 2 is 1.83 bits per heavy atom. The molecule has 35 heavy (non-hydrogen) atoms. The summed E-state index contributed by atoms with van der Waals surface area (Å²) >= 11 is 6.11. The largest absolute Gasteiger partial charge is 0.460 e. The van der Waals surface area contributed by atoms with E-state index < -0.39 is 5.54 Å². The molecule has 7 nitrogen and oxygen atoms in total. The van der Waals surface area contributed by atoms with Crippen LogP contribution in [0.5, 0.6) is 0 Å². The van der Waals surface area contributed by atoms with Crippen LogP contribution in [0.25, 0.3) is 11.3 Å². The van der Waals surface area contributed by atoms with Crippen LogP contribution in [0.3, 0.4) is 0 Å². The van der Waals surface area contributed by atoms with Crippen LogP contribution in [-0.4, -0.2) is 63.8 Å². The summed E-state index contributed by atoms with van der Waals surface area (Å²) in [5, 5.41) is 0.674. The number of pyridine rings is 1. The summed E-state index contributed by atoms with van der Waals surface area (Å²) in [7, 11) is 1.77. The van der Waals surface area contributed by atoms with Gasteiger partial charge in [-0.2, -0.15) is 0 Å². The van der Waals surface area contributed by atoms with Crippen molar-refractivity contribution in [2.75, 3.05) is 26.7 Å². The Hall–Kier alpha value is -3.16. The highest BCUT2D eigenvalue weighted by Crippen LogP contribution is 2.37. The first-order valence-corrected chi connectivity index (χ1v) is 12.4. The van der Waals surface area contributed by atoms with Crippen molar-refractivity contribution in [1.29, 1.82) is 0 Å². The number of aryl methyl sites for hydroxylation is 1. The Morgan fingerprint density at radius 1 is 1.06 bits per heavy atom. The first-order valence-electron chi connectivity index (χ1n) is 12.0. The zero-order valence-electron chi connectivity index (χ0n) is 19.8. The van der Waals surface area contributed by atoms with E-state index in [2.05, 4.69) is 9.88 Å². The fourth-order valence-electron chi connectivity index (χ4n) is 5.14. The molecule has 0 atom stereocenters. The predicted octanol–water partition coefficient (Wildman–Crippen LogP) is 4.86. The van der Waals surface area contributed by atoms with Gasteiger partial charge in [0.1, 0.15) is 17.1 Å². The van der Waals surface area contributed by atoms with Crippen LogP contribution in [0.4, 0.5) is 4.79 Å². The number of urea groups is 1. The topological polar surface area (TPSA) is 69.9 Å². The maximum atomic E-state index is 13.4. The Labute approximate surface area is 210 Å². The van der Waals surface area contributed by atoms with Gasteiger partial charge in [-0.25, -0.2) is 4.79 Å². The molecule has 0 aliphatic carbocycles. The first-order chi connectivity index (χ1) is 17.0. The minimum absolute atomic E-state index is 0.0550. The summed E-state index contributed by atoms with van der Waals surface area (Å²) in [6.07, 6.45) is 6.32. The highest BCUT2D eigenvalue weighted by atomic mass is 35.5. The average Bonchev–Trinajstić information content (AvgIpc) is 3.40. The van der Waals surface area contributed by atoms with E-state index in [0.29, 0.717) is 31.0 Å². The molecule has 3 amide bonds. The minimum atomic E-state index is -0.737. The number of piperidine rings is 1. The molecule has 0 saturated carbocycles. The van der Waals surface area contributed by atoms with Gasteiger partial charge in [-0.15, -0.1) is 0 Å². The van der Waals surface area contributed by atoms with Crippen molar-refractivity contribution >= 4 is 23.5 Å². The van der Waals surface area contributed by atoms with Gasteiger partial charge in [0.2, 0.25) is 0 Å². The Morgan fingerprint density at radius 3 is 2.57 bits per heavy atom. The van der Waals surface area contributed by atoms with Crippen LogP contribution in [0.1, 0.15) is 30.6 Å². The van der Waals surface area contributed by atoms with Crippen LogP contribution < -0.4 is 0 Å². The number of likely N-dealkylation sites (tertiary alicyclic amines) is 1. The molecule has 2 saturated heterocycles. The van der Waals surface area contributed by atoms with Gasteiger partial charge in [-0.3, -0.25) is 19.6 Å². The summed E-state index contributed by atoms with van der Waals surface area (Å²) in [4.78, 5) is 35.8. The van der Waals surface area contributed by atoms with Crippen LogP contribution in [-0.2, 0) is 17.8 Å². The predicted molar refractivity (Wildman–Crippen MR) is 134 cm³/mol. The molecule has 1 spiro atoms. The summed E-state index contributed by atoms with van der Waals surface area (Å²) in [5.74, 6) is 1.60. The molecule has 8 heteroatoms. The molecule has 2 aromatic heterocycles. The van der Waals surface area contributed by atoms with E-state index >= 15 is 0 Å². The van der Waals surface area contributed by atoms with Crippen LogP contribution in [0.2, 0.25) is 5.02 Å². The third-order valence-corrected chi connectivity index (χ3v) is 7.47. The van der Waals surface area contributed by atoms with E-state index in [1.165, 1.54) is 4.90 Å². The lowest BCUT2D eigenvalue weighted by atomic mass is 9.86. The standard InChI is InChI=1S/C27H29ClN4O3/c1-30-26(34)32(15-3-4-20-9-13-29-14-10-20)25(33)27(30)11-16-31(17-12-27)19-23-7-8-24(35-23)21-5-2-6-22(28)18-21/h2,5-10,13-14,18H,3-4,11-12,15-17,19H2,1H3. The van der Waals surface area contributed by atoms with Crippen molar-refractivity contribution in [1.82, 2.24) is 19.7 Å². The molecule has 0 N–H and O–H groups in total. The number of carbonyl (C=O) groups is 2. The number of amides is 3. The van der Waals surface area contributed by atoms with Crippen molar-refractivity contribution in [3.05, 3.63) is 77.3 Å². The van der Waals surface area contributed by atoms with Gasteiger partial charge in [-0.1, -0.05) is 23.7 Å². The number of rotatable bonds is 7. The van der Waals surface area contributed by atoms with Gasteiger partial charge >= 0.3 is 6.03 Å². The molecular formula is C27H29ClN4O3. The quantitative estimate of drug-likeness (QED) is 0.441. The van der Waals surface area contributed by atoms with E-state index in [0.717, 1.165) is 48.6 Å². The normalized spacial score (nSPS) is 18.1. The number of hydrogen-bond acceptors (Lipinski definition) is 5. The number of likely N-dealkylation sites (N-methyl/N-ethyl adjacent to an activating group) is 1. The highest BCUT2D eigenvalue weighted by Gasteiger charge is 2.56. The maximum absolute atomic E-state index is 13.4. The van der Waals surface area contributed by atoms with Crippen LogP contribution in [0.15, 0.2) is 65.3 Å². The fourth-order valence-corrected chi connectivity index (χ4v) is 5.33. The summed E-state index contributed by atoms with van der Waals surface area (Å²) in [6, 6.07) is 15.3. The second-order valence-electron chi connectivity index (χ2n) is 9.34. The fraction of sp³-hybridized carbons (Fsp3) is 0.370. The van der Waals surface area contributed by atoms with Gasteiger partial charge in [0, 0.05) is 49.7 Å². The zero-order valence-corrected chi connectivity index (χ0v) is 20.6. The second-order valence-corrected chi connectivity index (χ2v) is 9.78. The number of carbonyl (C=O) groups excluding carboxylic acids is 2. The van der Waals surface area contributed by atoms with E-state index in [-0.39, 0.29) is 11.9 Å². The van der Waals surface area contributed by atoms with E-state index in [1.807, 2.05) is 48.5 Å². The molecule has 5 rings (SSSR count). The van der Waals surface area contributed by atoms with E-state index in [4.69, 9.17) is 16.0 Å². The smallest absolute Gasteiger partial charge is 0.327 e. The molecule has 2 aliphatic rings. The summed E-state index contributed by atoms with van der Waals surface area (Å²) in [5.41, 5.74) is 1.37. The Balaban J connectivity index is 1.18. The molecule has 2 aliphatic heterocycles. The molecule has 3 aromatic rings. The molecule has 0 bridgehead atoms. The molecule has 1 aromatic carbocycles.